The van der Waals surface area contributed by atoms with Crippen molar-refractivity contribution in [2.75, 3.05) is 6.54 Å². The summed E-state index contributed by atoms with van der Waals surface area (Å²) in [6, 6.07) is -4.94. The van der Waals surface area contributed by atoms with Gasteiger partial charge in [0.1, 0.15) is 18.1 Å². The fraction of sp³-hybridized carbons (Fsp3) is 0.722. The normalized spacial score (nSPS) is 20.2. The van der Waals surface area contributed by atoms with Crippen LogP contribution >= 0.6 is 0 Å². The van der Waals surface area contributed by atoms with E-state index < -0.39 is 66.4 Å². The molecule has 3 amide bonds. The number of rotatable bonds is 10. The number of amides is 3. The summed E-state index contributed by atoms with van der Waals surface area (Å²) in [7, 11) is 0. The zero-order valence-electron chi connectivity index (χ0n) is 17.2. The lowest BCUT2D eigenvalue weighted by Gasteiger charge is -2.31. The summed E-state index contributed by atoms with van der Waals surface area (Å²) in [6.45, 7) is 4.91. The Bertz CT molecular complexity index is 681. The first kappa shape index (κ1) is 25.3. The van der Waals surface area contributed by atoms with Gasteiger partial charge in [0, 0.05) is 6.54 Å². The van der Waals surface area contributed by atoms with Gasteiger partial charge in [-0.1, -0.05) is 13.8 Å². The Balaban J connectivity index is 2.94. The van der Waals surface area contributed by atoms with Crippen LogP contribution in [0.25, 0.3) is 0 Å². The molecule has 30 heavy (non-hydrogen) atoms. The molecule has 1 aliphatic heterocycles. The first-order chi connectivity index (χ1) is 13.9. The number of hydrogen-bond donors (Lipinski definition) is 6. The number of nitrogens with zero attached hydrogens (tertiary/aromatic N) is 1. The van der Waals surface area contributed by atoms with Gasteiger partial charge in [-0.25, -0.2) is 4.79 Å². The van der Waals surface area contributed by atoms with Crippen molar-refractivity contribution in [2.45, 2.75) is 70.3 Å². The SMILES string of the molecule is CC(C)C(N)C(=O)NC(C(=O)N1CCCC1C(=O)NC(CC(=O)O)C(=O)O)C(C)O. The Labute approximate surface area is 173 Å². The average Bonchev–Trinajstić information content (AvgIpc) is 3.13. The molecule has 5 unspecified atom stereocenters. The van der Waals surface area contributed by atoms with E-state index in [9.17, 15) is 29.1 Å². The van der Waals surface area contributed by atoms with Crippen LogP contribution in [0.3, 0.4) is 0 Å². The van der Waals surface area contributed by atoms with Gasteiger partial charge in [-0.3, -0.25) is 19.2 Å². The van der Waals surface area contributed by atoms with E-state index in [0.717, 1.165) is 4.90 Å². The summed E-state index contributed by atoms with van der Waals surface area (Å²) < 4.78 is 0. The zero-order chi connectivity index (χ0) is 23.2. The lowest BCUT2D eigenvalue weighted by atomic mass is 10.0. The molecule has 0 saturated carbocycles. The van der Waals surface area contributed by atoms with Crippen LogP contribution in [0, 0.1) is 5.92 Å². The fourth-order valence-electron chi connectivity index (χ4n) is 3.07. The molecule has 12 nitrogen and oxygen atoms in total. The van der Waals surface area contributed by atoms with Gasteiger partial charge in [0.05, 0.1) is 18.6 Å². The molecule has 0 aliphatic carbocycles. The Hall–Kier alpha value is -2.73. The zero-order valence-corrected chi connectivity index (χ0v) is 17.2. The van der Waals surface area contributed by atoms with Crippen molar-refractivity contribution < 1.29 is 39.3 Å². The van der Waals surface area contributed by atoms with Gasteiger partial charge in [-0.15, -0.1) is 0 Å². The molecule has 0 aromatic heterocycles. The number of nitrogens with one attached hydrogen (secondary N) is 2. The van der Waals surface area contributed by atoms with Crippen LogP contribution in [-0.2, 0) is 24.0 Å². The average molecular weight is 430 g/mol. The van der Waals surface area contributed by atoms with Crippen LogP contribution in [-0.4, -0.2) is 86.7 Å². The minimum atomic E-state index is -1.65. The number of carboxylic acids is 2. The van der Waals surface area contributed by atoms with Crippen molar-refractivity contribution in [3.63, 3.8) is 0 Å². The lowest BCUT2D eigenvalue weighted by Crippen LogP contribution is -2.60. The first-order valence-electron chi connectivity index (χ1n) is 9.66. The molecule has 12 heteroatoms. The minimum Gasteiger partial charge on any atom is -0.481 e. The summed E-state index contributed by atoms with van der Waals surface area (Å²) in [6.07, 6.45) is -1.43. The Morgan fingerprint density at radius 3 is 2.17 bits per heavy atom. The second-order valence-corrected chi connectivity index (χ2v) is 7.68. The molecule has 1 heterocycles. The third kappa shape index (κ3) is 6.66. The number of carboxylic acid groups (broad SMARTS) is 2. The molecule has 0 bridgehead atoms. The molecule has 170 valence electrons. The standard InChI is InChI=1S/C18H30N4O8/c1-8(2)13(19)16(27)21-14(9(3)23)17(28)22-6-4-5-11(22)15(26)20-10(18(29)30)7-12(24)25/h8-11,13-14,23H,4-7,19H2,1-3H3,(H,20,26)(H,21,27)(H,24,25)(H,29,30). The summed E-state index contributed by atoms with van der Waals surface area (Å²) >= 11 is 0. The monoisotopic (exact) mass is 430 g/mol. The molecule has 0 radical (unpaired) electrons. The number of aliphatic carboxylic acids is 2. The Kier molecular flexibility index (Phi) is 9.18. The molecule has 5 atom stereocenters. The minimum absolute atomic E-state index is 0.156. The maximum atomic E-state index is 12.9. The van der Waals surface area contributed by atoms with E-state index in [-0.39, 0.29) is 18.9 Å². The summed E-state index contributed by atoms with van der Waals surface area (Å²) in [5.41, 5.74) is 5.77. The van der Waals surface area contributed by atoms with E-state index in [1.807, 2.05) is 0 Å². The largest absolute Gasteiger partial charge is 0.481 e. The lowest BCUT2D eigenvalue weighted by molar-refractivity contribution is -0.149. The summed E-state index contributed by atoms with van der Waals surface area (Å²) in [5, 5.41) is 32.4. The van der Waals surface area contributed by atoms with Crippen LogP contribution in [0.1, 0.15) is 40.0 Å². The highest BCUT2D eigenvalue weighted by Gasteiger charge is 2.40. The van der Waals surface area contributed by atoms with Gasteiger partial charge in [0.15, 0.2) is 0 Å². The molecular weight excluding hydrogens is 400 g/mol. The number of aliphatic hydroxyl groups is 1. The number of hydrogen-bond acceptors (Lipinski definition) is 7. The number of likely N-dealkylation sites (tertiary alicyclic amines) is 1. The van der Waals surface area contributed by atoms with Gasteiger partial charge >= 0.3 is 11.9 Å². The van der Waals surface area contributed by atoms with Crippen LogP contribution in [0.15, 0.2) is 0 Å². The van der Waals surface area contributed by atoms with E-state index in [1.54, 1.807) is 13.8 Å². The molecule has 1 fully saturated rings. The number of carbonyl (C=O) groups is 5. The van der Waals surface area contributed by atoms with E-state index >= 15 is 0 Å². The molecule has 1 aliphatic rings. The Morgan fingerprint density at radius 1 is 1.10 bits per heavy atom. The van der Waals surface area contributed by atoms with E-state index in [1.165, 1.54) is 6.92 Å². The maximum absolute atomic E-state index is 12.9. The van der Waals surface area contributed by atoms with Gasteiger partial charge in [-0.05, 0) is 25.7 Å². The number of nitrogens with two attached hydrogens (primary N) is 1. The molecular formula is C18H30N4O8. The summed E-state index contributed by atoms with van der Waals surface area (Å²) in [5.74, 6) is -5.28. The van der Waals surface area contributed by atoms with Gasteiger partial charge in [-0.2, -0.15) is 0 Å². The quantitative estimate of drug-likeness (QED) is 0.224. The van der Waals surface area contributed by atoms with Gasteiger partial charge < -0.3 is 36.6 Å². The van der Waals surface area contributed by atoms with Crippen LogP contribution in [0.4, 0.5) is 0 Å². The van der Waals surface area contributed by atoms with Crippen molar-refractivity contribution in [2.24, 2.45) is 11.7 Å². The highest BCUT2D eigenvalue weighted by molar-refractivity contribution is 5.95. The fourth-order valence-corrected chi connectivity index (χ4v) is 3.07. The third-order valence-corrected chi connectivity index (χ3v) is 4.90. The highest BCUT2D eigenvalue weighted by Crippen LogP contribution is 2.20. The molecule has 0 spiro atoms. The molecule has 0 aromatic rings. The van der Waals surface area contributed by atoms with Crippen molar-refractivity contribution in [1.29, 1.82) is 0 Å². The smallest absolute Gasteiger partial charge is 0.326 e. The predicted molar refractivity (Wildman–Crippen MR) is 103 cm³/mol. The Morgan fingerprint density at radius 2 is 1.70 bits per heavy atom. The van der Waals surface area contributed by atoms with Gasteiger partial charge in [0.2, 0.25) is 17.7 Å². The first-order valence-corrected chi connectivity index (χ1v) is 9.66. The van der Waals surface area contributed by atoms with Crippen molar-refractivity contribution in [3.05, 3.63) is 0 Å². The van der Waals surface area contributed by atoms with E-state index in [2.05, 4.69) is 10.6 Å². The molecule has 1 rings (SSSR count). The maximum Gasteiger partial charge on any atom is 0.326 e. The van der Waals surface area contributed by atoms with Crippen molar-refractivity contribution in [3.8, 4) is 0 Å². The second kappa shape index (κ2) is 10.9. The summed E-state index contributed by atoms with van der Waals surface area (Å²) in [4.78, 5) is 60.9. The van der Waals surface area contributed by atoms with Crippen LogP contribution in [0.5, 0.6) is 0 Å². The predicted octanol–water partition coefficient (Wildman–Crippen LogP) is -2.13. The molecule has 7 N–H and O–H groups in total. The third-order valence-electron chi connectivity index (χ3n) is 4.90. The van der Waals surface area contributed by atoms with Crippen molar-refractivity contribution in [1.82, 2.24) is 15.5 Å². The molecule has 1 saturated heterocycles. The van der Waals surface area contributed by atoms with Crippen LogP contribution < -0.4 is 16.4 Å². The molecule has 0 aromatic carbocycles. The van der Waals surface area contributed by atoms with E-state index in [4.69, 9.17) is 15.9 Å². The van der Waals surface area contributed by atoms with Crippen molar-refractivity contribution >= 4 is 29.7 Å². The highest BCUT2D eigenvalue weighted by atomic mass is 16.4. The van der Waals surface area contributed by atoms with Crippen LogP contribution in [0.2, 0.25) is 0 Å². The second-order valence-electron chi connectivity index (χ2n) is 7.68. The van der Waals surface area contributed by atoms with Gasteiger partial charge in [0.25, 0.3) is 0 Å². The number of carbonyl (C=O) groups excluding carboxylic acids is 3. The van der Waals surface area contributed by atoms with E-state index in [0.29, 0.717) is 6.42 Å². The number of aliphatic hydroxyl groups excluding tert-OH is 1. The topological polar surface area (TPSA) is 199 Å².